The van der Waals surface area contributed by atoms with Gasteiger partial charge in [-0.3, -0.25) is 0 Å². The molecule has 4 nitrogen and oxygen atoms in total. The van der Waals surface area contributed by atoms with Crippen molar-refractivity contribution in [2.24, 2.45) is 0 Å². The third-order valence-corrected chi connectivity index (χ3v) is 2.88. The zero-order chi connectivity index (χ0) is 14.7. The van der Waals surface area contributed by atoms with Crippen LogP contribution < -0.4 is 4.74 Å². The van der Waals surface area contributed by atoms with Crippen molar-refractivity contribution >= 4 is 17.6 Å². The summed E-state index contributed by atoms with van der Waals surface area (Å²) < 4.78 is 5.57. The van der Waals surface area contributed by atoms with E-state index in [0.717, 1.165) is 5.56 Å². The van der Waals surface area contributed by atoms with Gasteiger partial charge in [-0.2, -0.15) is 5.26 Å². The molecule has 0 saturated heterocycles. The van der Waals surface area contributed by atoms with Crippen LogP contribution in [0, 0.1) is 18.3 Å². The molecule has 0 aliphatic rings. The number of carboxylic acids is 1. The Hall–Kier alpha value is -2.51. The number of carboxylic acid groups (broad SMARTS) is 1. The van der Waals surface area contributed by atoms with Crippen molar-refractivity contribution in [3.05, 3.63) is 58.1 Å². The lowest BCUT2D eigenvalue weighted by Crippen LogP contribution is -2.00. The third-order valence-electron chi connectivity index (χ3n) is 2.65. The molecule has 100 valence electrons. The molecule has 0 heterocycles. The number of benzene rings is 2. The highest BCUT2D eigenvalue weighted by Crippen LogP contribution is 2.30. The maximum Gasteiger partial charge on any atom is 0.339 e. The van der Waals surface area contributed by atoms with Crippen molar-refractivity contribution in [2.75, 3.05) is 0 Å². The molecule has 0 spiro atoms. The highest BCUT2D eigenvalue weighted by molar-refractivity contribution is 6.31. The van der Waals surface area contributed by atoms with E-state index in [2.05, 4.69) is 0 Å². The fourth-order valence-corrected chi connectivity index (χ4v) is 1.86. The average Bonchev–Trinajstić information content (AvgIpc) is 2.41. The average molecular weight is 288 g/mol. The predicted octanol–water partition coefficient (Wildman–Crippen LogP) is 4.01. The SMILES string of the molecule is Cc1ccc(C#N)c(Oc2ccc(Cl)cc2C(=O)O)c1. The van der Waals surface area contributed by atoms with Crippen LogP contribution in [0.4, 0.5) is 0 Å². The number of aromatic carboxylic acids is 1. The van der Waals surface area contributed by atoms with Crippen LogP contribution in [0.3, 0.4) is 0 Å². The summed E-state index contributed by atoms with van der Waals surface area (Å²) in [6.07, 6.45) is 0. The van der Waals surface area contributed by atoms with Gasteiger partial charge in [0.2, 0.25) is 0 Å². The van der Waals surface area contributed by atoms with E-state index in [-0.39, 0.29) is 11.3 Å². The van der Waals surface area contributed by atoms with Crippen molar-refractivity contribution in [2.45, 2.75) is 6.92 Å². The quantitative estimate of drug-likeness (QED) is 0.926. The van der Waals surface area contributed by atoms with Gasteiger partial charge in [-0.05, 0) is 42.8 Å². The first-order valence-corrected chi connectivity index (χ1v) is 6.10. The molecule has 2 rings (SSSR count). The molecule has 0 saturated carbocycles. The second-order valence-electron chi connectivity index (χ2n) is 4.16. The van der Waals surface area contributed by atoms with Crippen LogP contribution in [0.1, 0.15) is 21.5 Å². The summed E-state index contributed by atoms with van der Waals surface area (Å²) >= 11 is 5.78. The van der Waals surface area contributed by atoms with Crippen LogP contribution in [0.25, 0.3) is 0 Å². The molecule has 2 aromatic rings. The number of rotatable bonds is 3. The van der Waals surface area contributed by atoms with Gasteiger partial charge < -0.3 is 9.84 Å². The number of hydrogen-bond acceptors (Lipinski definition) is 3. The summed E-state index contributed by atoms with van der Waals surface area (Å²) in [6.45, 7) is 1.86. The minimum atomic E-state index is -1.14. The first kappa shape index (κ1) is 13.9. The summed E-state index contributed by atoms with van der Waals surface area (Å²) in [5.74, 6) is -0.685. The number of ether oxygens (including phenoxy) is 1. The number of halogens is 1. The lowest BCUT2D eigenvalue weighted by atomic mass is 10.1. The molecule has 5 heteroatoms. The first-order chi connectivity index (χ1) is 9.51. The molecule has 0 bridgehead atoms. The van der Waals surface area contributed by atoms with E-state index >= 15 is 0 Å². The van der Waals surface area contributed by atoms with Crippen molar-refractivity contribution in [1.29, 1.82) is 5.26 Å². The van der Waals surface area contributed by atoms with Gasteiger partial charge in [0.05, 0.1) is 5.56 Å². The zero-order valence-electron chi connectivity index (χ0n) is 10.6. The number of nitrogens with zero attached hydrogens (tertiary/aromatic N) is 1. The Morgan fingerprint density at radius 2 is 2.00 bits per heavy atom. The van der Waals surface area contributed by atoms with Crippen molar-refractivity contribution in [3.63, 3.8) is 0 Å². The van der Waals surface area contributed by atoms with Crippen LogP contribution in [0.5, 0.6) is 11.5 Å². The van der Waals surface area contributed by atoms with E-state index in [0.29, 0.717) is 16.3 Å². The zero-order valence-corrected chi connectivity index (χ0v) is 11.3. The predicted molar refractivity (Wildman–Crippen MR) is 74.4 cm³/mol. The van der Waals surface area contributed by atoms with Crippen molar-refractivity contribution < 1.29 is 14.6 Å². The van der Waals surface area contributed by atoms with Gasteiger partial charge in [0.15, 0.2) is 0 Å². The van der Waals surface area contributed by atoms with Gasteiger partial charge in [-0.15, -0.1) is 0 Å². The van der Waals surface area contributed by atoms with Crippen molar-refractivity contribution in [3.8, 4) is 17.6 Å². The van der Waals surface area contributed by atoms with E-state index in [9.17, 15) is 4.79 Å². The normalized spacial score (nSPS) is 9.85. The summed E-state index contributed by atoms with van der Waals surface area (Å²) in [5.41, 5.74) is 1.19. The van der Waals surface area contributed by atoms with Gasteiger partial charge in [0, 0.05) is 5.02 Å². The molecule has 0 atom stereocenters. The molecule has 0 amide bonds. The molecular formula is C15H10ClNO3. The van der Waals surface area contributed by atoms with Gasteiger partial charge in [0.1, 0.15) is 23.1 Å². The van der Waals surface area contributed by atoms with E-state index < -0.39 is 5.97 Å². The second kappa shape index (κ2) is 5.64. The molecule has 2 aromatic carbocycles. The smallest absolute Gasteiger partial charge is 0.339 e. The molecule has 1 N–H and O–H groups in total. The van der Waals surface area contributed by atoms with Crippen LogP contribution in [-0.2, 0) is 0 Å². The number of nitriles is 1. The minimum Gasteiger partial charge on any atom is -0.478 e. The first-order valence-electron chi connectivity index (χ1n) is 5.72. The standard InChI is InChI=1S/C15H10ClNO3/c1-9-2-3-10(8-17)14(6-9)20-13-5-4-11(16)7-12(13)15(18)19/h2-7H,1H3,(H,18,19). The fraction of sp³-hybridized carbons (Fsp3) is 0.0667. The molecule has 0 aromatic heterocycles. The molecule has 0 fully saturated rings. The maximum absolute atomic E-state index is 11.2. The fourth-order valence-electron chi connectivity index (χ4n) is 1.68. The van der Waals surface area contributed by atoms with E-state index in [1.165, 1.54) is 18.2 Å². The summed E-state index contributed by atoms with van der Waals surface area (Å²) in [7, 11) is 0. The van der Waals surface area contributed by atoms with Crippen molar-refractivity contribution in [1.82, 2.24) is 0 Å². The van der Waals surface area contributed by atoms with Gasteiger partial charge in [0.25, 0.3) is 0 Å². The molecule has 20 heavy (non-hydrogen) atoms. The molecular weight excluding hydrogens is 278 g/mol. The van der Waals surface area contributed by atoms with Crippen LogP contribution in [-0.4, -0.2) is 11.1 Å². The van der Waals surface area contributed by atoms with Gasteiger partial charge >= 0.3 is 5.97 Å². The highest BCUT2D eigenvalue weighted by atomic mass is 35.5. The van der Waals surface area contributed by atoms with E-state index in [4.69, 9.17) is 26.7 Å². The van der Waals surface area contributed by atoms with E-state index in [1.54, 1.807) is 18.2 Å². The lowest BCUT2D eigenvalue weighted by molar-refractivity contribution is 0.0694. The lowest BCUT2D eigenvalue weighted by Gasteiger charge is -2.11. The summed E-state index contributed by atoms with van der Waals surface area (Å²) in [5, 5.41) is 18.5. The van der Waals surface area contributed by atoms with E-state index in [1.807, 2.05) is 13.0 Å². The van der Waals surface area contributed by atoms with Crippen LogP contribution >= 0.6 is 11.6 Å². The number of hydrogen-bond donors (Lipinski definition) is 1. The maximum atomic E-state index is 11.2. The molecule has 0 radical (unpaired) electrons. The Morgan fingerprint density at radius 3 is 2.65 bits per heavy atom. The molecule has 0 unspecified atom stereocenters. The number of carbonyl (C=O) groups is 1. The largest absolute Gasteiger partial charge is 0.478 e. The molecule has 0 aliphatic carbocycles. The monoisotopic (exact) mass is 287 g/mol. The Bertz CT molecular complexity index is 720. The Labute approximate surface area is 120 Å². The Kier molecular flexibility index (Phi) is 3.92. The topological polar surface area (TPSA) is 70.3 Å². The summed E-state index contributed by atoms with van der Waals surface area (Å²) in [4.78, 5) is 11.2. The third kappa shape index (κ3) is 2.90. The van der Waals surface area contributed by atoms with Gasteiger partial charge in [-0.1, -0.05) is 17.7 Å². The van der Waals surface area contributed by atoms with Gasteiger partial charge in [-0.25, -0.2) is 4.79 Å². The Balaban J connectivity index is 2.48. The summed E-state index contributed by atoms with van der Waals surface area (Å²) in [6, 6.07) is 11.4. The highest BCUT2D eigenvalue weighted by Gasteiger charge is 2.14. The van der Waals surface area contributed by atoms with Crippen LogP contribution in [0.15, 0.2) is 36.4 Å². The second-order valence-corrected chi connectivity index (χ2v) is 4.60. The van der Waals surface area contributed by atoms with Crippen LogP contribution in [0.2, 0.25) is 5.02 Å². The molecule has 0 aliphatic heterocycles. The minimum absolute atomic E-state index is 0.0529. The Morgan fingerprint density at radius 1 is 1.25 bits per heavy atom. The number of aryl methyl sites for hydroxylation is 1.